The van der Waals surface area contributed by atoms with E-state index in [4.69, 9.17) is 27.9 Å². The molecule has 0 heterocycles. The van der Waals surface area contributed by atoms with Gasteiger partial charge in [0.25, 0.3) is 5.91 Å². The highest BCUT2D eigenvalue weighted by molar-refractivity contribution is 6.35. The van der Waals surface area contributed by atoms with Crippen molar-refractivity contribution in [1.29, 1.82) is 0 Å². The average molecular weight is 325 g/mol. The number of amides is 1. The van der Waals surface area contributed by atoms with Crippen molar-refractivity contribution in [3.8, 4) is 5.75 Å². The Morgan fingerprint density at radius 3 is 2.57 bits per heavy atom. The van der Waals surface area contributed by atoms with Gasteiger partial charge in [-0.2, -0.15) is 0 Å². The first-order valence-corrected chi connectivity index (χ1v) is 6.98. The molecule has 0 aliphatic heterocycles. The van der Waals surface area contributed by atoms with Crippen molar-refractivity contribution in [2.45, 2.75) is 0 Å². The Balaban J connectivity index is 1.87. The van der Waals surface area contributed by atoms with Gasteiger partial charge in [0.1, 0.15) is 5.75 Å². The van der Waals surface area contributed by atoms with E-state index in [1.807, 2.05) is 30.3 Å². The minimum Gasteiger partial charge on any atom is -0.482 e. The third-order valence-corrected chi connectivity index (χ3v) is 3.22. The number of carbonyl (C=O) groups excluding carboxylic acids is 1. The fraction of sp³-hybridized carbons (Fsp3) is 0.133. The molecule has 0 saturated carbocycles. The lowest BCUT2D eigenvalue weighted by molar-refractivity contribution is -0.123. The molecule has 0 aliphatic carbocycles. The minimum absolute atomic E-state index is 0.140. The number of benzene rings is 2. The number of para-hydroxylation sites is 1. The largest absolute Gasteiger partial charge is 0.482 e. The summed E-state index contributed by atoms with van der Waals surface area (Å²) in [6, 6.07) is 14.3. The summed E-state index contributed by atoms with van der Waals surface area (Å²) in [6.45, 7) is -0.140. The Hall–Kier alpha value is -1.91. The van der Waals surface area contributed by atoms with Crippen molar-refractivity contribution in [3.63, 3.8) is 0 Å². The lowest BCUT2D eigenvalue weighted by atomic mass is 10.3. The van der Waals surface area contributed by atoms with E-state index in [0.29, 0.717) is 15.8 Å². The standard InChI is InChI=1S/C15H14Cl2N2O2/c1-19(12-5-3-2-4-6-12)18-15(20)10-21-14-8-7-11(16)9-13(14)17/h2-9H,10H2,1H3,(H,18,20). The van der Waals surface area contributed by atoms with Gasteiger partial charge >= 0.3 is 0 Å². The van der Waals surface area contributed by atoms with Gasteiger partial charge < -0.3 is 4.74 Å². The average Bonchev–Trinajstić information content (AvgIpc) is 2.47. The van der Waals surface area contributed by atoms with E-state index in [-0.39, 0.29) is 12.5 Å². The van der Waals surface area contributed by atoms with Gasteiger partial charge in [0, 0.05) is 12.1 Å². The first-order chi connectivity index (χ1) is 10.1. The van der Waals surface area contributed by atoms with Crippen molar-refractivity contribution in [2.24, 2.45) is 0 Å². The highest BCUT2D eigenvalue weighted by Crippen LogP contribution is 2.27. The lowest BCUT2D eigenvalue weighted by Gasteiger charge is -2.20. The van der Waals surface area contributed by atoms with Gasteiger partial charge in [0.2, 0.25) is 0 Å². The minimum atomic E-state index is -0.285. The first kappa shape index (κ1) is 15.5. The summed E-state index contributed by atoms with van der Waals surface area (Å²) in [5.74, 6) is 0.131. The summed E-state index contributed by atoms with van der Waals surface area (Å²) in [6.07, 6.45) is 0. The molecule has 0 aromatic heterocycles. The van der Waals surface area contributed by atoms with Crippen molar-refractivity contribution >= 4 is 34.8 Å². The molecule has 110 valence electrons. The number of hydrazine groups is 1. The summed E-state index contributed by atoms with van der Waals surface area (Å²) in [7, 11) is 1.75. The SMILES string of the molecule is CN(NC(=O)COc1ccc(Cl)cc1Cl)c1ccccc1. The fourth-order valence-electron chi connectivity index (χ4n) is 1.67. The number of carbonyl (C=O) groups is 1. The zero-order valence-corrected chi connectivity index (χ0v) is 12.9. The molecule has 6 heteroatoms. The molecule has 21 heavy (non-hydrogen) atoms. The van der Waals surface area contributed by atoms with Crippen LogP contribution in [0.25, 0.3) is 0 Å². The molecule has 0 fully saturated rings. The van der Waals surface area contributed by atoms with Crippen molar-refractivity contribution in [1.82, 2.24) is 5.43 Å². The van der Waals surface area contributed by atoms with Crippen molar-refractivity contribution in [3.05, 3.63) is 58.6 Å². The predicted octanol–water partition coefficient (Wildman–Crippen LogP) is 3.54. The van der Waals surface area contributed by atoms with Gasteiger partial charge in [-0.25, -0.2) is 0 Å². The zero-order valence-electron chi connectivity index (χ0n) is 11.3. The van der Waals surface area contributed by atoms with Crippen LogP contribution in [0.4, 0.5) is 5.69 Å². The Morgan fingerprint density at radius 2 is 1.90 bits per heavy atom. The summed E-state index contributed by atoms with van der Waals surface area (Å²) in [4.78, 5) is 11.8. The number of halogens is 2. The van der Waals surface area contributed by atoms with E-state index in [2.05, 4.69) is 5.43 Å². The van der Waals surface area contributed by atoms with Crippen LogP contribution in [-0.4, -0.2) is 19.6 Å². The van der Waals surface area contributed by atoms with Crippen molar-refractivity contribution in [2.75, 3.05) is 18.7 Å². The molecule has 0 unspecified atom stereocenters. The molecule has 2 rings (SSSR count). The smallest absolute Gasteiger partial charge is 0.276 e. The number of hydrogen-bond acceptors (Lipinski definition) is 3. The molecule has 0 spiro atoms. The predicted molar refractivity (Wildman–Crippen MR) is 84.9 cm³/mol. The highest BCUT2D eigenvalue weighted by atomic mass is 35.5. The van der Waals surface area contributed by atoms with E-state index in [0.717, 1.165) is 5.69 Å². The maximum absolute atomic E-state index is 11.8. The molecular weight excluding hydrogens is 311 g/mol. The van der Waals surface area contributed by atoms with Crippen LogP contribution in [0.2, 0.25) is 10.0 Å². The Kier molecular flexibility index (Phi) is 5.31. The van der Waals surface area contributed by atoms with E-state index < -0.39 is 0 Å². The van der Waals surface area contributed by atoms with Crippen LogP contribution >= 0.6 is 23.2 Å². The summed E-state index contributed by atoms with van der Waals surface area (Å²) in [5, 5.41) is 2.50. The molecule has 4 nitrogen and oxygen atoms in total. The van der Waals surface area contributed by atoms with Crippen LogP contribution in [0.5, 0.6) is 5.75 Å². The number of ether oxygens (including phenoxy) is 1. The molecule has 1 N–H and O–H groups in total. The second-order valence-corrected chi connectivity index (χ2v) is 5.14. The number of anilines is 1. The molecule has 0 bridgehead atoms. The Bertz CT molecular complexity index is 620. The third kappa shape index (κ3) is 4.55. The van der Waals surface area contributed by atoms with Gasteiger partial charge in [0.05, 0.1) is 10.7 Å². The number of nitrogens with one attached hydrogen (secondary N) is 1. The van der Waals surface area contributed by atoms with Gasteiger partial charge in [-0.15, -0.1) is 0 Å². The maximum atomic E-state index is 11.8. The molecule has 0 radical (unpaired) electrons. The summed E-state index contributed by atoms with van der Waals surface area (Å²) in [5.41, 5.74) is 3.57. The van der Waals surface area contributed by atoms with Gasteiger partial charge in [0.15, 0.2) is 6.61 Å². The zero-order chi connectivity index (χ0) is 15.2. The molecule has 2 aromatic carbocycles. The van der Waals surface area contributed by atoms with Crippen LogP contribution < -0.4 is 15.2 Å². The second-order valence-electron chi connectivity index (χ2n) is 4.29. The monoisotopic (exact) mass is 324 g/mol. The summed E-state index contributed by atoms with van der Waals surface area (Å²) < 4.78 is 5.36. The topological polar surface area (TPSA) is 41.6 Å². The van der Waals surface area contributed by atoms with Gasteiger partial charge in [-0.05, 0) is 30.3 Å². The van der Waals surface area contributed by atoms with E-state index >= 15 is 0 Å². The fourth-order valence-corrected chi connectivity index (χ4v) is 2.13. The van der Waals surface area contributed by atoms with Gasteiger partial charge in [-0.3, -0.25) is 15.2 Å². The van der Waals surface area contributed by atoms with E-state index in [9.17, 15) is 4.79 Å². The Labute approximate surface area is 133 Å². The third-order valence-electron chi connectivity index (χ3n) is 2.69. The molecular formula is C15H14Cl2N2O2. The molecule has 1 amide bonds. The van der Waals surface area contributed by atoms with Crippen LogP contribution in [0, 0.1) is 0 Å². The van der Waals surface area contributed by atoms with Crippen molar-refractivity contribution < 1.29 is 9.53 Å². The van der Waals surface area contributed by atoms with Gasteiger partial charge in [-0.1, -0.05) is 41.4 Å². The molecule has 0 atom stereocenters. The van der Waals surface area contributed by atoms with E-state index in [1.165, 1.54) is 0 Å². The first-order valence-electron chi connectivity index (χ1n) is 6.22. The van der Waals surface area contributed by atoms with E-state index in [1.54, 1.807) is 30.3 Å². The molecule has 0 saturated heterocycles. The lowest BCUT2D eigenvalue weighted by Crippen LogP contribution is -2.41. The number of rotatable bonds is 5. The van der Waals surface area contributed by atoms with Crippen LogP contribution in [0.3, 0.4) is 0 Å². The molecule has 0 aliphatic rings. The number of nitrogens with zero attached hydrogens (tertiary/aromatic N) is 1. The van der Waals surface area contributed by atoms with Crippen LogP contribution in [0.15, 0.2) is 48.5 Å². The summed E-state index contributed by atoms with van der Waals surface area (Å²) >= 11 is 11.8. The van der Waals surface area contributed by atoms with Crippen LogP contribution in [-0.2, 0) is 4.79 Å². The normalized spacial score (nSPS) is 10.0. The number of hydrogen-bond donors (Lipinski definition) is 1. The van der Waals surface area contributed by atoms with Crippen LogP contribution in [0.1, 0.15) is 0 Å². The highest BCUT2D eigenvalue weighted by Gasteiger charge is 2.08. The second kappa shape index (κ2) is 7.20. The maximum Gasteiger partial charge on any atom is 0.276 e. The quantitative estimate of drug-likeness (QED) is 0.855. The Morgan fingerprint density at radius 1 is 1.19 bits per heavy atom. The molecule has 2 aromatic rings.